The van der Waals surface area contributed by atoms with Gasteiger partial charge in [-0.15, -0.1) is 0 Å². The van der Waals surface area contributed by atoms with Crippen molar-refractivity contribution in [3.63, 3.8) is 0 Å². The van der Waals surface area contributed by atoms with Crippen molar-refractivity contribution in [2.45, 2.75) is 6.42 Å². The lowest BCUT2D eigenvalue weighted by Crippen LogP contribution is -2.12. The van der Waals surface area contributed by atoms with Crippen molar-refractivity contribution in [2.24, 2.45) is 5.73 Å². The molecule has 4 nitrogen and oxygen atoms in total. The van der Waals surface area contributed by atoms with Crippen molar-refractivity contribution >= 4 is 5.95 Å². The molecule has 0 amide bonds. The zero-order valence-corrected chi connectivity index (χ0v) is 10.8. The summed E-state index contributed by atoms with van der Waals surface area (Å²) in [6.45, 7) is 0.678. The van der Waals surface area contributed by atoms with Crippen LogP contribution in [0.15, 0.2) is 36.5 Å². The van der Waals surface area contributed by atoms with Gasteiger partial charge in [0.05, 0.1) is 5.69 Å². The maximum Gasteiger partial charge on any atom is 0.225 e. The lowest BCUT2D eigenvalue weighted by Gasteiger charge is -2.11. The zero-order chi connectivity index (χ0) is 13.0. The number of benzene rings is 1. The second-order valence-corrected chi connectivity index (χ2v) is 4.37. The fourth-order valence-electron chi connectivity index (χ4n) is 1.73. The minimum atomic E-state index is 0.678. The summed E-state index contributed by atoms with van der Waals surface area (Å²) in [6, 6.07) is 10.3. The lowest BCUT2D eigenvalue weighted by molar-refractivity contribution is 0.968. The van der Waals surface area contributed by atoms with Gasteiger partial charge in [-0.05, 0) is 24.6 Å². The molecule has 2 aromatic rings. The van der Waals surface area contributed by atoms with Crippen LogP contribution in [0.4, 0.5) is 5.95 Å². The molecule has 0 unspecified atom stereocenters. The van der Waals surface area contributed by atoms with Gasteiger partial charge >= 0.3 is 0 Å². The van der Waals surface area contributed by atoms with Crippen LogP contribution in [-0.2, 0) is 6.42 Å². The predicted molar refractivity (Wildman–Crippen MR) is 74.6 cm³/mol. The van der Waals surface area contributed by atoms with Crippen LogP contribution < -0.4 is 10.6 Å². The number of hydrogen-bond acceptors (Lipinski definition) is 4. The summed E-state index contributed by atoms with van der Waals surface area (Å²) in [5.74, 6) is 0.721. The maximum atomic E-state index is 5.54. The third-order valence-corrected chi connectivity index (χ3v) is 2.73. The number of rotatable bonds is 4. The fourth-order valence-corrected chi connectivity index (χ4v) is 1.73. The highest BCUT2D eigenvalue weighted by atomic mass is 15.2. The largest absolute Gasteiger partial charge is 0.347 e. The zero-order valence-electron chi connectivity index (χ0n) is 10.8. The third kappa shape index (κ3) is 2.84. The summed E-state index contributed by atoms with van der Waals surface area (Å²) in [5.41, 5.74) is 8.83. The average Bonchev–Trinajstić information content (AvgIpc) is 2.40. The lowest BCUT2D eigenvalue weighted by atomic mass is 10.1. The van der Waals surface area contributed by atoms with Crippen molar-refractivity contribution in [3.05, 3.63) is 42.1 Å². The number of nitrogens with zero attached hydrogens (tertiary/aromatic N) is 3. The van der Waals surface area contributed by atoms with Gasteiger partial charge in [-0.2, -0.15) is 0 Å². The molecule has 0 radical (unpaired) electrons. The van der Waals surface area contributed by atoms with Gasteiger partial charge in [0.15, 0.2) is 0 Å². The summed E-state index contributed by atoms with van der Waals surface area (Å²) in [7, 11) is 3.87. The first-order chi connectivity index (χ1) is 8.70. The molecule has 0 aliphatic heterocycles. The van der Waals surface area contributed by atoms with E-state index in [1.165, 1.54) is 5.56 Å². The SMILES string of the molecule is CN(C)c1nccc(-c2ccc(CCN)cc2)n1. The van der Waals surface area contributed by atoms with Crippen molar-refractivity contribution in [1.82, 2.24) is 9.97 Å². The number of aromatic nitrogens is 2. The van der Waals surface area contributed by atoms with Crippen molar-refractivity contribution in [2.75, 3.05) is 25.5 Å². The molecule has 0 fully saturated rings. The van der Waals surface area contributed by atoms with Crippen LogP contribution >= 0.6 is 0 Å². The summed E-state index contributed by atoms with van der Waals surface area (Å²) < 4.78 is 0. The van der Waals surface area contributed by atoms with Gasteiger partial charge in [0.2, 0.25) is 5.95 Å². The van der Waals surface area contributed by atoms with E-state index >= 15 is 0 Å². The van der Waals surface area contributed by atoms with E-state index in [0.717, 1.165) is 23.6 Å². The maximum absolute atomic E-state index is 5.54. The Morgan fingerprint density at radius 3 is 2.44 bits per heavy atom. The molecule has 2 N–H and O–H groups in total. The van der Waals surface area contributed by atoms with Crippen LogP contribution in [0.25, 0.3) is 11.3 Å². The smallest absolute Gasteiger partial charge is 0.225 e. The van der Waals surface area contributed by atoms with E-state index in [0.29, 0.717) is 6.54 Å². The van der Waals surface area contributed by atoms with Crippen LogP contribution in [0, 0.1) is 0 Å². The summed E-state index contributed by atoms with van der Waals surface area (Å²) in [6.07, 6.45) is 2.69. The van der Waals surface area contributed by atoms with Gasteiger partial charge in [0, 0.05) is 25.9 Å². The van der Waals surface area contributed by atoms with Gasteiger partial charge in [-0.1, -0.05) is 24.3 Å². The molecule has 1 aromatic heterocycles. The van der Waals surface area contributed by atoms with E-state index in [4.69, 9.17) is 5.73 Å². The monoisotopic (exact) mass is 242 g/mol. The Hall–Kier alpha value is -1.94. The molecule has 4 heteroatoms. The molecular weight excluding hydrogens is 224 g/mol. The van der Waals surface area contributed by atoms with Crippen LogP contribution in [0.2, 0.25) is 0 Å². The second-order valence-electron chi connectivity index (χ2n) is 4.37. The molecule has 1 aromatic carbocycles. The normalized spacial score (nSPS) is 10.4. The Bertz CT molecular complexity index is 505. The van der Waals surface area contributed by atoms with E-state index < -0.39 is 0 Å². The molecular formula is C14H18N4. The van der Waals surface area contributed by atoms with E-state index in [9.17, 15) is 0 Å². The first-order valence-electron chi connectivity index (χ1n) is 6.00. The molecule has 0 aliphatic rings. The Morgan fingerprint density at radius 1 is 1.11 bits per heavy atom. The van der Waals surface area contributed by atoms with Crippen molar-refractivity contribution in [3.8, 4) is 11.3 Å². The van der Waals surface area contributed by atoms with E-state index in [2.05, 4.69) is 34.2 Å². The molecule has 0 saturated heterocycles. The predicted octanol–water partition coefficient (Wildman–Crippen LogP) is 1.71. The molecule has 0 spiro atoms. The van der Waals surface area contributed by atoms with E-state index in [1.807, 2.05) is 25.1 Å². The minimum absolute atomic E-state index is 0.678. The van der Waals surface area contributed by atoms with E-state index in [-0.39, 0.29) is 0 Å². The van der Waals surface area contributed by atoms with Crippen LogP contribution in [0.1, 0.15) is 5.56 Å². The third-order valence-electron chi connectivity index (χ3n) is 2.73. The summed E-state index contributed by atoms with van der Waals surface area (Å²) >= 11 is 0. The van der Waals surface area contributed by atoms with Crippen LogP contribution in [0.3, 0.4) is 0 Å². The standard InChI is InChI=1S/C14H18N4/c1-18(2)14-16-10-8-13(17-14)12-5-3-11(4-6-12)7-9-15/h3-6,8,10H,7,9,15H2,1-2H3. The van der Waals surface area contributed by atoms with Gasteiger partial charge in [-0.25, -0.2) is 9.97 Å². The molecule has 18 heavy (non-hydrogen) atoms. The van der Waals surface area contributed by atoms with Gasteiger partial charge in [-0.3, -0.25) is 0 Å². The summed E-state index contributed by atoms with van der Waals surface area (Å²) in [5, 5.41) is 0. The number of nitrogens with two attached hydrogens (primary N) is 1. The highest BCUT2D eigenvalue weighted by molar-refractivity contribution is 5.60. The number of hydrogen-bond donors (Lipinski definition) is 1. The first kappa shape index (κ1) is 12.5. The number of anilines is 1. The Kier molecular flexibility index (Phi) is 3.89. The average molecular weight is 242 g/mol. The Balaban J connectivity index is 2.28. The fraction of sp³-hybridized carbons (Fsp3) is 0.286. The molecule has 1 heterocycles. The Labute approximate surface area is 107 Å². The molecule has 94 valence electrons. The summed E-state index contributed by atoms with van der Waals surface area (Å²) in [4.78, 5) is 10.6. The highest BCUT2D eigenvalue weighted by Gasteiger charge is 2.03. The molecule has 2 rings (SSSR count). The van der Waals surface area contributed by atoms with Crippen molar-refractivity contribution < 1.29 is 0 Å². The molecule has 0 atom stereocenters. The molecule has 0 saturated carbocycles. The van der Waals surface area contributed by atoms with Crippen LogP contribution in [0.5, 0.6) is 0 Å². The van der Waals surface area contributed by atoms with Gasteiger partial charge in [0.1, 0.15) is 0 Å². The molecule has 0 aliphatic carbocycles. The minimum Gasteiger partial charge on any atom is -0.347 e. The quantitative estimate of drug-likeness (QED) is 0.886. The first-order valence-corrected chi connectivity index (χ1v) is 6.00. The molecule has 0 bridgehead atoms. The highest BCUT2D eigenvalue weighted by Crippen LogP contribution is 2.19. The van der Waals surface area contributed by atoms with Crippen molar-refractivity contribution in [1.29, 1.82) is 0 Å². The Morgan fingerprint density at radius 2 is 1.83 bits per heavy atom. The van der Waals surface area contributed by atoms with Gasteiger partial charge in [0.25, 0.3) is 0 Å². The topological polar surface area (TPSA) is 55.0 Å². The second kappa shape index (κ2) is 5.60. The van der Waals surface area contributed by atoms with Gasteiger partial charge < -0.3 is 10.6 Å². The van der Waals surface area contributed by atoms with Crippen LogP contribution in [-0.4, -0.2) is 30.6 Å². The van der Waals surface area contributed by atoms with E-state index in [1.54, 1.807) is 6.20 Å².